The highest BCUT2D eigenvalue weighted by Gasteiger charge is 2.28. The van der Waals surface area contributed by atoms with Gasteiger partial charge in [-0.05, 0) is 72.8 Å². The van der Waals surface area contributed by atoms with Crippen molar-refractivity contribution in [3.8, 4) is 0 Å². The lowest BCUT2D eigenvalue weighted by Crippen LogP contribution is -2.51. The molecule has 0 aromatic heterocycles. The number of halogens is 1. The summed E-state index contributed by atoms with van der Waals surface area (Å²) < 4.78 is 27.1. The Morgan fingerprint density at radius 1 is 1.03 bits per heavy atom. The fourth-order valence-corrected chi connectivity index (χ4v) is 6.07. The first kappa shape index (κ1) is 24.2. The number of piperidine rings is 1. The summed E-state index contributed by atoms with van der Waals surface area (Å²) in [7, 11) is -3.40. The number of carbonyl (C=O) groups is 1. The summed E-state index contributed by atoms with van der Waals surface area (Å²) in [6, 6.07) is 11.7. The van der Waals surface area contributed by atoms with Crippen molar-refractivity contribution in [1.29, 1.82) is 0 Å². The van der Waals surface area contributed by atoms with Crippen LogP contribution in [0.2, 0.25) is 5.02 Å². The maximum absolute atomic E-state index is 12.8. The second-order valence-electron chi connectivity index (χ2n) is 8.94. The number of carbonyl (C=O) groups excluding carboxylic acids is 1. The molecular formula is C25H32ClN3O3S. The van der Waals surface area contributed by atoms with Crippen molar-refractivity contribution in [2.45, 2.75) is 25.7 Å². The monoisotopic (exact) mass is 489 g/mol. The van der Waals surface area contributed by atoms with Gasteiger partial charge in [-0.2, -0.15) is 4.31 Å². The Balaban J connectivity index is 1.25. The highest BCUT2D eigenvalue weighted by atomic mass is 35.5. The summed E-state index contributed by atoms with van der Waals surface area (Å²) >= 11 is 6.03. The molecule has 8 heteroatoms. The van der Waals surface area contributed by atoms with Crippen molar-refractivity contribution >= 4 is 44.4 Å². The highest BCUT2D eigenvalue weighted by Crippen LogP contribution is 2.22. The molecule has 6 nitrogen and oxygen atoms in total. The summed E-state index contributed by atoms with van der Waals surface area (Å²) in [6.45, 7) is 3.76. The third kappa shape index (κ3) is 6.57. The normalized spacial score (nSPS) is 18.9. The van der Waals surface area contributed by atoms with E-state index in [1.54, 1.807) is 6.08 Å². The number of sulfonamides is 1. The Hall–Kier alpha value is -1.93. The minimum atomic E-state index is -3.40. The van der Waals surface area contributed by atoms with Gasteiger partial charge in [0.2, 0.25) is 15.9 Å². The SMILES string of the molecule is O=C(CCC1CCNCC1)N1CCN(S(=O)(=O)CC=Cc2ccc3cc(Cl)ccc3c2)CC1. The van der Waals surface area contributed by atoms with E-state index in [-0.39, 0.29) is 11.7 Å². The van der Waals surface area contributed by atoms with Gasteiger partial charge >= 0.3 is 0 Å². The van der Waals surface area contributed by atoms with Crippen LogP contribution in [0, 0.1) is 5.92 Å². The molecule has 2 aliphatic heterocycles. The molecule has 2 aliphatic rings. The van der Waals surface area contributed by atoms with Gasteiger partial charge in [0.15, 0.2) is 0 Å². The van der Waals surface area contributed by atoms with E-state index in [0.29, 0.717) is 43.5 Å². The van der Waals surface area contributed by atoms with Gasteiger partial charge in [0.25, 0.3) is 0 Å². The lowest BCUT2D eigenvalue weighted by molar-refractivity contribution is -0.132. The molecule has 2 saturated heterocycles. The Morgan fingerprint density at radius 3 is 2.48 bits per heavy atom. The van der Waals surface area contributed by atoms with Crippen LogP contribution in [0.25, 0.3) is 16.8 Å². The zero-order chi connectivity index (χ0) is 23.3. The van der Waals surface area contributed by atoms with Crippen LogP contribution in [-0.2, 0) is 14.8 Å². The zero-order valence-corrected chi connectivity index (χ0v) is 20.5. The van der Waals surface area contributed by atoms with Gasteiger partial charge in [-0.15, -0.1) is 0 Å². The predicted octanol–water partition coefficient (Wildman–Crippen LogP) is 3.76. The topological polar surface area (TPSA) is 69.7 Å². The Morgan fingerprint density at radius 2 is 1.73 bits per heavy atom. The Bertz CT molecular complexity index is 1110. The van der Waals surface area contributed by atoms with E-state index in [2.05, 4.69) is 5.32 Å². The molecule has 2 aromatic carbocycles. The molecule has 0 radical (unpaired) electrons. The van der Waals surface area contributed by atoms with E-state index in [0.717, 1.165) is 48.7 Å². The summed E-state index contributed by atoms with van der Waals surface area (Å²) in [5, 5.41) is 6.16. The number of nitrogens with one attached hydrogen (secondary N) is 1. The van der Waals surface area contributed by atoms with E-state index < -0.39 is 10.0 Å². The quantitative estimate of drug-likeness (QED) is 0.643. The molecule has 0 saturated carbocycles. The average molecular weight is 490 g/mol. The molecule has 2 heterocycles. The van der Waals surface area contributed by atoms with Gasteiger partial charge < -0.3 is 10.2 Å². The molecule has 2 aromatic rings. The van der Waals surface area contributed by atoms with Crippen LogP contribution in [-0.4, -0.2) is 68.6 Å². The van der Waals surface area contributed by atoms with Gasteiger partial charge in [0.05, 0.1) is 5.75 Å². The first-order valence-corrected chi connectivity index (χ1v) is 13.7. The van der Waals surface area contributed by atoms with Crippen molar-refractivity contribution in [2.75, 3.05) is 45.0 Å². The van der Waals surface area contributed by atoms with Gasteiger partial charge in [-0.3, -0.25) is 4.79 Å². The fraction of sp³-hybridized carbons (Fsp3) is 0.480. The van der Waals surface area contributed by atoms with Gasteiger partial charge in [0.1, 0.15) is 0 Å². The van der Waals surface area contributed by atoms with E-state index in [4.69, 9.17) is 11.6 Å². The standard InChI is InChI=1S/C25H32ClN3O3S/c26-24-7-6-22-18-21(3-5-23(22)19-24)2-1-17-33(31,32)29-15-13-28(14-16-29)25(30)8-4-20-9-11-27-12-10-20/h1-3,5-7,18-20,27H,4,8-17H2. The molecule has 0 aliphatic carbocycles. The summed E-state index contributed by atoms with van der Waals surface area (Å²) in [6.07, 6.45) is 7.32. The number of amides is 1. The number of hydrogen-bond donors (Lipinski definition) is 1. The van der Waals surface area contributed by atoms with Gasteiger partial charge in [-0.1, -0.05) is 42.0 Å². The zero-order valence-electron chi connectivity index (χ0n) is 18.9. The molecule has 4 rings (SSSR count). The van der Waals surface area contributed by atoms with E-state index in [1.165, 1.54) is 4.31 Å². The minimum absolute atomic E-state index is 0.0463. The van der Waals surface area contributed by atoms with Crippen LogP contribution in [0.3, 0.4) is 0 Å². The first-order valence-electron chi connectivity index (χ1n) is 11.7. The second kappa shape index (κ2) is 11.0. The van der Waals surface area contributed by atoms with Crippen molar-refractivity contribution in [1.82, 2.24) is 14.5 Å². The molecule has 178 valence electrons. The number of nitrogens with zero attached hydrogens (tertiary/aromatic N) is 2. The van der Waals surface area contributed by atoms with Crippen molar-refractivity contribution in [3.05, 3.63) is 53.1 Å². The second-order valence-corrected chi connectivity index (χ2v) is 11.4. The van der Waals surface area contributed by atoms with Crippen LogP contribution in [0.15, 0.2) is 42.5 Å². The highest BCUT2D eigenvalue weighted by molar-refractivity contribution is 7.89. The van der Waals surface area contributed by atoms with Gasteiger partial charge in [-0.25, -0.2) is 8.42 Å². The number of benzene rings is 2. The summed E-state index contributed by atoms with van der Waals surface area (Å²) in [5.74, 6) is 0.738. The molecule has 0 atom stereocenters. The van der Waals surface area contributed by atoms with Crippen molar-refractivity contribution in [3.63, 3.8) is 0 Å². The maximum Gasteiger partial charge on any atom is 0.222 e. The largest absolute Gasteiger partial charge is 0.340 e. The number of rotatable bonds is 7. The van der Waals surface area contributed by atoms with Gasteiger partial charge in [0, 0.05) is 37.6 Å². The molecule has 1 amide bonds. The Labute approximate surface area is 201 Å². The predicted molar refractivity (Wildman–Crippen MR) is 135 cm³/mol. The molecular weight excluding hydrogens is 458 g/mol. The number of fused-ring (bicyclic) bond motifs is 1. The maximum atomic E-state index is 12.8. The van der Waals surface area contributed by atoms with Crippen molar-refractivity contribution < 1.29 is 13.2 Å². The number of hydrogen-bond acceptors (Lipinski definition) is 4. The summed E-state index contributed by atoms with van der Waals surface area (Å²) in [4.78, 5) is 14.4. The van der Waals surface area contributed by atoms with Crippen LogP contribution < -0.4 is 5.32 Å². The van der Waals surface area contributed by atoms with Crippen LogP contribution >= 0.6 is 11.6 Å². The fourth-order valence-electron chi connectivity index (χ4n) is 4.62. The first-order chi connectivity index (χ1) is 15.9. The van der Waals surface area contributed by atoms with E-state index in [1.807, 2.05) is 47.4 Å². The lowest BCUT2D eigenvalue weighted by atomic mass is 9.93. The molecule has 33 heavy (non-hydrogen) atoms. The smallest absolute Gasteiger partial charge is 0.222 e. The number of piperazine rings is 1. The van der Waals surface area contributed by atoms with Crippen molar-refractivity contribution in [2.24, 2.45) is 5.92 Å². The Kier molecular flexibility index (Phi) is 8.07. The van der Waals surface area contributed by atoms with Crippen LogP contribution in [0.4, 0.5) is 0 Å². The molecule has 1 N–H and O–H groups in total. The third-order valence-electron chi connectivity index (χ3n) is 6.65. The average Bonchev–Trinajstić information content (AvgIpc) is 2.83. The van der Waals surface area contributed by atoms with E-state index in [9.17, 15) is 13.2 Å². The van der Waals surface area contributed by atoms with E-state index >= 15 is 0 Å². The molecule has 0 spiro atoms. The lowest BCUT2D eigenvalue weighted by Gasteiger charge is -2.34. The minimum Gasteiger partial charge on any atom is -0.340 e. The van der Waals surface area contributed by atoms with Crippen LogP contribution in [0.1, 0.15) is 31.2 Å². The van der Waals surface area contributed by atoms with Crippen LogP contribution in [0.5, 0.6) is 0 Å². The summed E-state index contributed by atoms with van der Waals surface area (Å²) in [5.41, 5.74) is 0.948. The molecule has 0 bridgehead atoms. The third-order valence-corrected chi connectivity index (χ3v) is 8.65. The molecule has 0 unspecified atom stereocenters. The molecule has 2 fully saturated rings.